The molecule has 2 aromatic carbocycles. The average Bonchev–Trinajstić information content (AvgIpc) is 2.25. The Balaban J connectivity index is 2.81. The lowest BCUT2D eigenvalue weighted by molar-refractivity contribution is 0.595. The topological polar surface area (TPSA) is 0 Å². The van der Waals surface area contributed by atoms with Gasteiger partial charge in [0.25, 0.3) is 0 Å². The van der Waals surface area contributed by atoms with Crippen molar-refractivity contribution in [3.8, 4) is 0 Å². The summed E-state index contributed by atoms with van der Waals surface area (Å²) in [5, 5.41) is 2.79. The summed E-state index contributed by atoms with van der Waals surface area (Å²) in [6.07, 6.45) is 1.10. The molecule has 0 heterocycles. The summed E-state index contributed by atoms with van der Waals surface area (Å²) in [5.41, 5.74) is 4.45. The molecule has 0 aliphatic rings. The van der Waals surface area contributed by atoms with Crippen molar-refractivity contribution in [3.05, 3.63) is 47.0 Å². The van der Waals surface area contributed by atoms with Gasteiger partial charge in [-0.1, -0.05) is 63.6 Å². The maximum atomic E-state index is 2.37. The van der Waals surface area contributed by atoms with E-state index in [0.29, 0.717) is 0 Å². The van der Waals surface area contributed by atoms with Gasteiger partial charge in [-0.15, -0.1) is 0 Å². The van der Waals surface area contributed by atoms with Crippen molar-refractivity contribution in [1.82, 2.24) is 0 Å². The molecule has 0 aromatic heterocycles. The van der Waals surface area contributed by atoms with Crippen LogP contribution in [0.1, 0.15) is 44.4 Å². The van der Waals surface area contributed by atoms with Gasteiger partial charge < -0.3 is 0 Å². The van der Waals surface area contributed by atoms with E-state index in [-0.39, 0.29) is 5.41 Å². The van der Waals surface area contributed by atoms with Crippen molar-refractivity contribution in [3.63, 3.8) is 0 Å². The molecule has 0 spiro atoms. The summed E-state index contributed by atoms with van der Waals surface area (Å²) >= 11 is 0. The van der Waals surface area contributed by atoms with Crippen LogP contribution in [0.15, 0.2) is 30.3 Å². The van der Waals surface area contributed by atoms with Crippen LogP contribution in [0.5, 0.6) is 0 Å². The standard InChI is InChI=1S/C17H22/c1-6-13-10-14-9-12(2)7-8-15(14)16(11-13)17(3,4)5/h7-11H,6H2,1-5H3. The second kappa shape index (κ2) is 4.18. The van der Waals surface area contributed by atoms with Gasteiger partial charge in [-0.3, -0.25) is 0 Å². The van der Waals surface area contributed by atoms with Gasteiger partial charge in [0, 0.05) is 0 Å². The number of hydrogen-bond acceptors (Lipinski definition) is 0. The van der Waals surface area contributed by atoms with Crippen LogP contribution in [0, 0.1) is 6.92 Å². The molecule has 0 N–H and O–H groups in total. The normalized spacial score (nSPS) is 12.1. The van der Waals surface area contributed by atoms with Crippen LogP contribution in [0.4, 0.5) is 0 Å². The van der Waals surface area contributed by atoms with Gasteiger partial charge >= 0.3 is 0 Å². The highest BCUT2D eigenvalue weighted by Gasteiger charge is 2.17. The highest BCUT2D eigenvalue weighted by Crippen LogP contribution is 2.31. The number of benzene rings is 2. The Morgan fingerprint density at radius 3 is 2.29 bits per heavy atom. The highest BCUT2D eigenvalue weighted by atomic mass is 14.2. The summed E-state index contributed by atoms with van der Waals surface area (Å²) in [6.45, 7) is 11.3. The zero-order valence-corrected chi connectivity index (χ0v) is 11.6. The Kier molecular flexibility index (Phi) is 2.99. The molecule has 0 fully saturated rings. The molecule has 0 bridgehead atoms. The minimum absolute atomic E-state index is 0.207. The maximum Gasteiger partial charge on any atom is -0.0126 e. The van der Waals surface area contributed by atoms with Gasteiger partial charge in [0.15, 0.2) is 0 Å². The molecule has 0 saturated carbocycles. The number of aryl methyl sites for hydroxylation is 2. The zero-order chi connectivity index (χ0) is 12.6. The van der Waals surface area contributed by atoms with Crippen LogP contribution >= 0.6 is 0 Å². The minimum Gasteiger partial charge on any atom is -0.0613 e. The summed E-state index contributed by atoms with van der Waals surface area (Å²) in [7, 11) is 0. The molecular weight excluding hydrogens is 204 g/mol. The van der Waals surface area contributed by atoms with Gasteiger partial charge in [0.1, 0.15) is 0 Å². The van der Waals surface area contributed by atoms with Crippen LogP contribution in [0.2, 0.25) is 0 Å². The van der Waals surface area contributed by atoms with E-state index in [4.69, 9.17) is 0 Å². The Labute approximate surface area is 105 Å². The van der Waals surface area contributed by atoms with Gasteiger partial charge in [-0.2, -0.15) is 0 Å². The Bertz CT molecular complexity index is 542. The molecule has 90 valence electrons. The van der Waals surface area contributed by atoms with Crippen molar-refractivity contribution in [2.24, 2.45) is 0 Å². The van der Waals surface area contributed by atoms with E-state index in [0.717, 1.165) is 6.42 Å². The molecule has 0 saturated heterocycles. The van der Waals surface area contributed by atoms with Crippen LogP contribution in [-0.2, 0) is 11.8 Å². The summed E-state index contributed by atoms with van der Waals surface area (Å²) < 4.78 is 0. The van der Waals surface area contributed by atoms with Gasteiger partial charge in [0.05, 0.1) is 0 Å². The molecular formula is C17H22. The van der Waals surface area contributed by atoms with E-state index in [2.05, 4.69) is 65.0 Å². The fraction of sp³-hybridized carbons (Fsp3) is 0.412. The van der Waals surface area contributed by atoms with Crippen LogP contribution in [-0.4, -0.2) is 0 Å². The zero-order valence-electron chi connectivity index (χ0n) is 11.6. The first kappa shape index (κ1) is 12.2. The van der Waals surface area contributed by atoms with E-state index < -0.39 is 0 Å². The average molecular weight is 226 g/mol. The molecule has 0 atom stereocenters. The van der Waals surface area contributed by atoms with Gasteiger partial charge in [0.2, 0.25) is 0 Å². The molecule has 0 heteroatoms. The van der Waals surface area contributed by atoms with E-state index in [1.54, 1.807) is 0 Å². The molecule has 0 unspecified atom stereocenters. The molecule has 2 rings (SSSR count). The van der Waals surface area contributed by atoms with Crippen molar-refractivity contribution < 1.29 is 0 Å². The molecule has 0 nitrogen and oxygen atoms in total. The van der Waals surface area contributed by atoms with E-state index in [9.17, 15) is 0 Å². The van der Waals surface area contributed by atoms with E-state index in [1.165, 1.54) is 27.5 Å². The molecule has 0 amide bonds. The number of hydrogen-bond donors (Lipinski definition) is 0. The van der Waals surface area contributed by atoms with Crippen molar-refractivity contribution in [2.45, 2.75) is 46.5 Å². The second-order valence-corrected chi connectivity index (χ2v) is 5.97. The SMILES string of the molecule is CCc1cc(C(C)(C)C)c2ccc(C)cc2c1. The van der Waals surface area contributed by atoms with E-state index >= 15 is 0 Å². The Hall–Kier alpha value is -1.30. The molecule has 0 aliphatic heterocycles. The number of fused-ring (bicyclic) bond motifs is 1. The van der Waals surface area contributed by atoms with Crippen LogP contribution in [0.25, 0.3) is 10.8 Å². The lowest BCUT2D eigenvalue weighted by Crippen LogP contribution is -2.12. The van der Waals surface area contributed by atoms with Gasteiger partial charge in [-0.05, 0) is 40.7 Å². The maximum absolute atomic E-state index is 2.37. The second-order valence-electron chi connectivity index (χ2n) is 5.97. The third-order valence-corrected chi connectivity index (χ3v) is 3.38. The molecule has 17 heavy (non-hydrogen) atoms. The minimum atomic E-state index is 0.207. The highest BCUT2D eigenvalue weighted by molar-refractivity contribution is 5.88. The van der Waals surface area contributed by atoms with Crippen LogP contribution in [0.3, 0.4) is 0 Å². The first-order chi connectivity index (χ1) is 7.91. The van der Waals surface area contributed by atoms with Crippen LogP contribution < -0.4 is 0 Å². The predicted octanol–water partition coefficient (Wildman–Crippen LogP) is 5.01. The molecule has 0 radical (unpaired) electrons. The third-order valence-electron chi connectivity index (χ3n) is 3.38. The summed E-state index contributed by atoms with van der Waals surface area (Å²) in [5.74, 6) is 0. The summed E-state index contributed by atoms with van der Waals surface area (Å²) in [4.78, 5) is 0. The quantitative estimate of drug-likeness (QED) is 0.641. The first-order valence-electron chi connectivity index (χ1n) is 6.45. The lowest BCUT2D eigenvalue weighted by atomic mass is 9.82. The Morgan fingerprint density at radius 2 is 1.71 bits per heavy atom. The van der Waals surface area contributed by atoms with E-state index in [1.807, 2.05) is 0 Å². The van der Waals surface area contributed by atoms with Crippen molar-refractivity contribution in [1.29, 1.82) is 0 Å². The smallest absolute Gasteiger partial charge is 0.0126 e. The monoisotopic (exact) mass is 226 g/mol. The first-order valence-corrected chi connectivity index (χ1v) is 6.45. The fourth-order valence-corrected chi connectivity index (χ4v) is 2.38. The number of rotatable bonds is 1. The third kappa shape index (κ3) is 2.36. The summed E-state index contributed by atoms with van der Waals surface area (Å²) in [6, 6.07) is 11.5. The largest absolute Gasteiger partial charge is 0.0613 e. The predicted molar refractivity (Wildman–Crippen MR) is 76.8 cm³/mol. The molecule has 2 aromatic rings. The van der Waals surface area contributed by atoms with Crippen molar-refractivity contribution in [2.75, 3.05) is 0 Å². The lowest BCUT2D eigenvalue weighted by Gasteiger charge is -2.22. The van der Waals surface area contributed by atoms with Crippen molar-refractivity contribution >= 4 is 10.8 Å². The Morgan fingerprint density at radius 1 is 1.00 bits per heavy atom. The molecule has 0 aliphatic carbocycles. The fourth-order valence-electron chi connectivity index (χ4n) is 2.38. The van der Waals surface area contributed by atoms with Gasteiger partial charge in [-0.25, -0.2) is 0 Å².